The summed E-state index contributed by atoms with van der Waals surface area (Å²) in [6.45, 7) is 13.9. The first-order valence-corrected chi connectivity index (χ1v) is 16.7. The van der Waals surface area contributed by atoms with Gasteiger partial charge in [-0.2, -0.15) is 0 Å². The fraction of sp³-hybridized carbons (Fsp3) is 0.436. The molecule has 1 fully saturated rings. The molecule has 3 aliphatic heterocycles. The zero-order valence-electron chi connectivity index (χ0n) is 29.0. The largest absolute Gasteiger partial charge is 0.490 e. The molecule has 1 saturated heterocycles. The Balaban J connectivity index is 1.55. The highest BCUT2D eigenvalue weighted by Crippen LogP contribution is 2.40. The van der Waals surface area contributed by atoms with Crippen molar-refractivity contribution < 1.29 is 28.1 Å². The Morgan fingerprint density at radius 2 is 1.83 bits per heavy atom. The van der Waals surface area contributed by atoms with E-state index in [1.807, 2.05) is 77.2 Å². The normalized spacial score (nSPS) is 20.8. The van der Waals surface area contributed by atoms with E-state index in [-0.39, 0.29) is 17.5 Å². The van der Waals surface area contributed by atoms with Crippen molar-refractivity contribution in [3.63, 3.8) is 0 Å². The van der Waals surface area contributed by atoms with Crippen LogP contribution in [0.1, 0.15) is 71.1 Å². The number of methoxy groups -OCH3 is 1. The van der Waals surface area contributed by atoms with Crippen LogP contribution in [0.3, 0.4) is 0 Å². The molecule has 48 heavy (non-hydrogen) atoms. The summed E-state index contributed by atoms with van der Waals surface area (Å²) in [6, 6.07) is 14.6. The molecule has 4 aromatic rings. The number of piperidine rings is 1. The molecule has 2 aromatic carbocycles. The maximum Gasteiger partial charge on any atom is 0.339 e. The number of esters is 1. The number of carbonyl (C=O) groups excluding carboxylic acids is 1. The van der Waals surface area contributed by atoms with E-state index in [1.165, 1.54) is 19.2 Å². The number of carbonyl (C=O) groups is 1. The number of hydrogen-bond donors (Lipinski definition) is 0. The van der Waals surface area contributed by atoms with Crippen molar-refractivity contribution in [2.75, 3.05) is 31.7 Å². The number of imidazole rings is 1. The van der Waals surface area contributed by atoms with Gasteiger partial charge in [0.05, 0.1) is 36.7 Å². The molecule has 9 heteroatoms. The monoisotopic (exact) mass is 655 g/mol. The molecule has 7 rings (SSSR count). The zero-order valence-corrected chi connectivity index (χ0v) is 29.0. The van der Waals surface area contributed by atoms with Gasteiger partial charge in [-0.3, -0.25) is 4.40 Å². The summed E-state index contributed by atoms with van der Waals surface area (Å²) in [7, 11) is 1.39. The third kappa shape index (κ3) is 7.12. The molecule has 2 unspecified atom stereocenters. The molecule has 6 bridgehead atoms. The Labute approximate surface area is 282 Å². The number of rotatable bonds is 3. The van der Waals surface area contributed by atoms with E-state index in [0.29, 0.717) is 37.4 Å². The molecule has 8 nitrogen and oxygen atoms in total. The van der Waals surface area contributed by atoms with Gasteiger partial charge in [-0.05, 0) is 95.8 Å². The average molecular weight is 656 g/mol. The van der Waals surface area contributed by atoms with Crippen LogP contribution in [0, 0.1) is 12.7 Å². The number of anilines is 1. The van der Waals surface area contributed by atoms with Crippen LogP contribution < -0.4 is 9.64 Å². The standard InChI is InChI=1S/C39H46FN3O5/c1-25-21-33-41-31-24-43(33)36(34(25)35(37(44)45-7)48-38(3,4)5)42-18-16-39(6,17-19-42)46-20-9-8-11-26(2)47-32-15-14-29(40)23-30(32)27-12-10-13-28(31)22-27/h8-10,12-15,21-24,26,35H,11,16-20H2,1-7H3. The third-order valence-electron chi connectivity index (χ3n) is 9.14. The summed E-state index contributed by atoms with van der Waals surface area (Å²) < 4.78 is 41.2. The van der Waals surface area contributed by atoms with Crippen molar-refractivity contribution in [3.05, 3.63) is 83.8 Å². The number of halogens is 1. The van der Waals surface area contributed by atoms with Gasteiger partial charge in [0.15, 0.2) is 6.10 Å². The van der Waals surface area contributed by atoms with Gasteiger partial charge in [0.1, 0.15) is 23.0 Å². The molecule has 0 spiro atoms. The van der Waals surface area contributed by atoms with Crippen molar-refractivity contribution >= 4 is 17.4 Å². The Morgan fingerprint density at radius 3 is 2.56 bits per heavy atom. The average Bonchev–Trinajstić information content (AvgIpc) is 3.47. The summed E-state index contributed by atoms with van der Waals surface area (Å²) in [6.07, 6.45) is 7.36. The Kier molecular flexibility index (Phi) is 9.37. The summed E-state index contributed by atoms with van der Waals surface area (Å²) in [5.74, 6) is 0.675. The maximum absolute atomic E-state index is 14.6. The summed E-state index contributed by atoms with van der Waals surface area (Å²) in [4.78, 5) is 20.8. The first-order chi connectivity index (χ1) is 22.8. The van der Waals surface area contributed by atoms with Crippen molar-refractivity contribution in [1.29, 1.82) is 0 Å². The number of aromatic nitrogens is 2. The number of pyridine rings is 1. The Bertz CT molecular complexity index is 1830. The summed E-state index contributed by atoms with van der Waals surface area (Å²) in [5, 5.41) is 0. The number of aryl methyl sites for hydroxylation is 1. The Morgan fingerprint density at radius 1 is 1.08 bits per heavy atom. The lowest BCUT2D eigenvalue weighted by atomic mass is 9.92. The minimum atomic E-state index is -0.947. The van der Waals surface area contributed by atoms with Gasteiger partial charge in [-0.25, -0.2) is 14.2 Å². The van der Waals surface area contributed by atoms with Crippen molar-refractivity contribution in [3.8, 4) is 28.1 Å². The Hall–Kier alpha value is -4.21. The van der Waals surface area contributed by atoms with Gasteiger partial charge in [-0.15, -0.1) is 0 Å². The third-order valence-corrected chi connectivity index (χ3v) is 9.14. The highest BCUT2D eigenvalue weighted by atomic mass is 19.1. The fourth-order valence-corrected chi connectivity index (χ4v) is 6.60. The van der Waals surface area contributed by atoms with Gasteiger partial charge >= 0.3 is 5.97 Å². The van der Waals surface area contributed by atoms with E-state index in [9.17, 15) is 9.18 Å². The van der Waals surface area contributed by atoms with Crippen molar-refractivity contribution in [1.82, 2.24) is 9.38 Å². The van der Waals surface area contributed by atoms with Crippen LogP contribution in [0.15, 0.2) is 66.9 Å². The lowest BCUT2D eigenvalue weighted by molar-refractivity contribution is -0.164. The van der Waals surface area contributed by atoms with Crippen LogP contribution in [0.25, 0.3) is 28.0 Å². The molecule has 0 aliphatic carbocycles. The number of ether oxygens (including phenoxy) is 4. The van der Waals surface area contributed by atoms with Crippen molar-refractivity contribution in [2.24, 2.45) is 0 Å². The molecule has 3 aliphatic rings. The first kappa shape index (κ1) is 33.7. The van der Waals surface area contributed by atoms with Gasteiger partial charge < -0.3 is 23.8 Å². The summed E-state index contributed by atoms with van der Waals surface area (Å²) in [5.41, 5.74) is 4.58. The van der Waals surface area contributed by atoms with Crippen LogP contribution in [-0.2, 0) is 19.0 Å². The number of nitrogens with zero attached hydrogens (tertiary/aromatic N) is 3. The van der Waals surface area contributed by atoms with Gasteiger partial charge in [0.25, 0.3) is 0 Å². The van der Waals surface area contributed by atoms with Crippen molar-refractivity contribution in [2.45, 2.75) is 84.2 Å². The second kappa shape index (κ2) is 13.4. The van der Waals surface area contributed by atoms with E-state index in [1.54, 1.807) is 6.07 Å². The molecule has 0 saturated carbocycles. The van der Waals surface area contributed by atoms with E-state index >= 15 is 0 Å². The second-order valence-corrected chi connectivity index (χ2v) is 14.2. The van der Waals surface area contributed by atoms with E-state index in [0.717, 1.165) is 52.3 Å². The molecule has 2 atom stereocenters. The lowest BCUT2D eigenvalue weighted by Crippen LogP contribution is -2.45. The van der Waals surface area contributed by atoms with Gasteiger partial charge in [0, 0.05) is 42.4 Å². The minimum absolute atomic E-state index is 0.122. The van der Waals surface area contributed by atoms with Gasteiger partial charge in [0.2, 0.25) is 0 Å². The van der Waals surface area contributed by atoms with E-state index < -0.39 is 17.7 Å². The molecule has 5 heterocycles. The van der Waals surface area contributed by atoms with Crippen LogP contribution in [0.2, 0.25) is 0 Å². The molecular formula is C39H46FN3O5. The number of hydrogen-bond acceptors (Lipinski definition) is 7. The molecule has 254 valence electrons. The predicted molar refractivity (Wildman–Crippen MR) is 186 cm³/mol. The number of fused-ring (bicyclic) bond motifs is 7. The SMILES string of the molecule is COC(=O)C(OC(C)(C)C)c1c(C)cc2nc3cn2c1N1CCC(C)(CC1)OCC=CCC(C)Oc1ccc(F)cc1-c1cccc-3c1. The van der Waals surface area contributed by atoms with Gasteiger partial charge in [-0.1, -0.05) is 30.4 Å². The first-order valence-electron chi connectivity index (χ1n) is 16.7. The van der Waals surface area contributed by atoms with Crippen LogP contribution in [0.4, 0.5) is 10.2 Å². The molecule has 0 N–H and O–H groups in total. The van der Waals surface area contributed by atoms with Crippen LogP contribution in [-0.4, -0.2) is 59.5 Å². The minimum Gasteiger partial charge on any atom is -0.490 e. The van der Waals surface area contributed by atoms with Crippen LogP contribution >= 0.6 is 0 Å². The van der Waals surface area contributed by atoms with E-state index in [2.05, 4.69) is 22.3 Å². The lowest BCUT2D eigenvalue weighted by Gasteiger charge is -2.41. The molecular weight excluding hydrogens is 609 g/mol. The predicted octanol–water partition coefficient (Wildman–Crippen LogP) is 8.25. The zero-order chi connectivity index (χ0) is 34.2. The van der Waals surface area contributed by atoms with E-state index in [4.69, 9.17) is 23.9 Å². The van der Waals surface area contributed by atoms with Crippen LogP contribution in [0.5, 0.6) is 5.75 Å². The molecule has 2 aromatic heterocycles. The highest BCUT2D eigenvalue weighted by Gasteiger charge is 2.37. The highest BCUT2D eigenvalue weighted by molar-refractivity contribution is 5.81. The number of benzene rings is 2. The topological polar surface area (TPSA) is 74.5 Å². The maximum atomic E-state index is 14.6. The molecule has 0 radical (unpaired) electrons. The summed E-state index contributed by atoms with van der Waals surface area (Å²) >= 11 is 0. The fourth-order valence-electron chi connectivity index (χ4n) is 6.60. The molecule has 0 amide bonds. The quantitative estimate of drug-likeness (QED) is 0.163. The smallest absolute Gasteiger partial charge is 0.339 e. The second-order valence-electron chi connectivity index (χ2n) is 14.2.